The van der Waals surface area contributed by atoms with Gasteiger partial charge in [0, 0.05) is 11.8 Å². The summed E-state index contributed by atoms with van der Waals surface area (Å²) >= 11 is 0. The molecule has 26 heavy (non-hydrogen) atoms. The Bertz CT molecular complexity index is 918. The predicted octanol–water partition coefficient (Wildman–Crippen LogP) is 4.06. The van der Waals surface area contributed by atoms with Crippen molar-refractivity contribution in [3.63, 3.8) is 0 Å². The molecule has 4 rings (SSSR count). The predicted molar refractivity (Wildman–Crippen MR) is 95.7 cm³/mol. The molecule has 1 atom stereocenters. The average molecular weight is 351 g/mol. The summed E-state index contributed by atoms with van der Waals surface area (Å²) in [6, 6.07) is 11.1. The number of rotatable bonds is 4. The molecule has 0 saturated carbocycles. The molecule has 0 amide bonds. The number of aryl methyl sites for hydroxylation is 1. The number of carbonyl (C=O) groups is 1. The highest BCUT2D eigenvalue weighted by Crippen LogP contribution is 2.34. The minimum absolute atomic E-state index is 0.242. The summed E-state index contributed by atoms with van der Waals surface area (Å²) in [5, 5.41) is 0. The van der Waals surface area contributed by atoms with E-state index in [0.29, 0.717) is 23.3 Å². The lowest BCUT2D eigenvalue weighted by Gasteiger charge is -2.20. The van der Waals surface area contributed by atoms with Crippen molar-refractivity contribution in [2.24, 2.45) is 0 Å². The molecule has 1 aliphatic heterocycles. The van der Waals surface area contributed by atoms with Gasteiger partial charge in [-0.15, -0.1) is 0 Å². The molecule has 0 radical (unpaired) electrons. The second-order valence-electron chi connectivity index (χ2n) is 6.38. The number of allylic oxidation sites excluding steroid dienone is 4. The summed E-state index contributed by atoms with van der Waals surface area (Å²) in [4.78, 5) is 16.5. The van der Waals surface area contributed by atoms with E-state index in [4.69, 9.17) is 9.47 Å². The van der Waals surface area contributed by atoms with Crippen LogP contribution in [-0.2, 0) is 11.2 Å². The number of fused-ring (bicyclic) bond motifs is 1. The molecule has 1 aromatic heterocycles. The van der Waals surface area contributed by atoms with Gasteiger partial charge in [0.1, 0.15) is 0 Å². The first-order chi connectivity index (χ1) is 12.6. The Kier molecular flexibility index (Phi) is 4.29. The number of Topliss-reactive ketones (excluding diaryl/α,β-unsaturated/α-hetero) is 1. The fourth-order valence-electron chi connectivity index (χ4n) is 3.23. The molecule has 2 heterocycles. The van der Waals surface area contributed by atoms with E-state index < -0.39 is 12.0 Å². The lowest BCUT2D eigenvalue weighted by Crippen LogP contribution is -2.23. The van der Waals surface area contributed by atoms with Crippen molar-refractivity contribution >= 4 is 11.4 Å². The number of ether oxygens (including phenoxy) is 2. The Morgan fingerprint density at radius 2 is 2.00 bits per heavy atom. The standard InChI is InChI=1S/C21H18FNO3/c1-13-15(7-5-14-6-8-18-19(10-14)26-12-25-18)11-16(20(22)21(13)24)17-4-2-3-9-23-17/h2-4,6,8-11,20H,5,7,12H2,1H3. The number of alkyl halides is 1. The van der Waals surface area contributed by atoms with Crippen molar-refractivity contribution in [3.8, 4) is 11.5 Å². The Hall–Kier alpha value is -2.95. The fourth-order valence-corrected chi connectivity index (χ4v) is 3.23. The summed E-state index contributed by atoms with van der Waals surface area (Å²) in [7, 11) is 0. The molecule has 0 saturated heterocycles. The van der Waals surface area contributed by atoms with E-state index in [-0.39, 0.29) is 6.79 Å². The van der Waals surface area contributed by atoms with Crippen LogP contribution in [0, 0.1) is 0 Å². The van der Waals surface area contributed by atoms with Gasteiger partial charge in [0.15, 0.2) is 23.5 Å². The van der Waals surface area contributed by atoms with Crippen molar-refractivity contribution in [3.05, 3.63) is 71.1 Å². The van der Waals surface area contributed by atoms with Crippen molar-refractivity contribution in [2.45, 2.75) is 25.9 Å². The lowest BCUT2D eigenvalue weighted by atomic mass is 9.86. The van der Waals surface area contributed by atoms with Crippen LogP contribution < -0.4 is 9.47 Å². The number of halogens is 1. The van der Waals surface area contributed by atoms with Crippen molar-refractivity contribution in [1.29, 1.82) is 0 Å². The Morgan fingerprint density at radius 3 is 2.81 bits per heavy atom. The quantitative estimate of drug-likeness (QED) is 0.833. The Labute approximate surface area is 151 Å². The molecule has 5 heteroatoms. The average Bonchev–Trinajstić information content (AvgIpc) is 3.14. The smallest absolute Gasteiger partial charge is 0.231 e. The maximum atomic E-state index is 14.5. The normalized spacial score (nSPS) is 18.9. The summed E-state index contributed by atoms with van der Waals surface area (Å²) in [5.41, 5.74) is 3.25. The van der Waals surface area contributed by atoms with E-state index in [1.54, 1.807) is 37.4 Å². The maximum Gasteiger partial charge on any atom is 0.231 e. The van der Waals surface area contributed by atoms with Crippen molar-refractivity contribution < 1.29 is 18.7 Å². The first-order valence-electron chi connectivity index (χ1n) is 8.53. The minimum atomic E-state index is -1.65. The minimum Gasteiger partial charge on any atom is -0.454 e. The number of pyridine rings is 1. The van der Waals surface area contributed by atoms with Gasteiger partial charge < -0.3 is 9.47 Å². The van der Waals surface area contributed by atoms with E-state index in [1.165, 1.54) is 0 Å². The monoisotopic (exact) mass is 351 g/mol. The molecule has 2 aromatic rings. The van der Waals surface area contributed by atoms with Gasteiger partial charge in [0.05, 0.1) is 5.69 Å². The van der Waals surface area contributed by atoms with E-state index in [9.17, 15) is 9.18 Å². The van der Waals surface area contributed by atoms with Gasteiger partial charge in [-0.1, -0.05) is 12.1 Å². The van der Waals surface area contributed by atoms with Crippen LogP contribution in [0.5, 0.6) is 11.5 Å². The van der Waals surface area contributed by atoms with Crippen LogP contribution in [0.1, 0.15) is 24.6 Å². The van der Waals surface area contributed by atoms with Crippen LogP contribution >= 0.6 is 0 Å². The molecular formula is C21H18FNO3. The lowest BCUT2D eigenvalue weighted by molar-refractivity contribution is -0.118. The van der Waals surface area contributed by atoms with Crippen LogP contribution in [0.15, 0.2) is 59.8 Å². The zero-order valence-corrected chi connectivity index (χ0v) is 14.4. The first kappa shape index (κ1) is 16.5. The number of hydrogen-bond donors (Lipinski definition) is 0. The summed E-state index contributed by atoms with van der Waals surface area (Å²) in [5.74, 6) is 1.00. The molecule has 1 aromatic carbocycles. The molecule has 1 aliphatic carbocycles. The number of hydrogen-bond acceptors (Lipinski definition) is 4. The molecule has 0 bridgehead atoms. The Balaban J connectivity index is 1.58. The third-order valence-electron chi connectivity index (χ3n) is 4.76. The highest BCUT2D eigenvalue weighted by molar-refractivity contribution is 6.09. The van der Waals surface area contributed by atoms with Crippen molar-refractivity contribution in [2.75, 3.05) is 6.79 Å². The third kappa shape index (κ3) is 3.01. The number of benzene rings is 1. The van der Waals surface area contributed by atoms with Crippen molar-refractivity contribution in [1.82, 2.24) is 4.98 Å². The maximum absolute atomic E-state index is 14.5. The van der Waals surface area contributed by atoms with Gasteiger partial charge in [0.25, 0.3) is 0 Å². The highest BCUT2D eigenvalue weighted by Gasteiger charge is 2.30. The summed E-state index contributed by atoms with van der Waals surface area (Å²) < 4.78 is 25.3. The van der Waals surface area contributed by atoms with Gasteiger partial charge in [0.2, 0.25) is 6.79 Å². The molecular weight excluding hydrogens is 333 g/mol. The third-order valence-corrected chi connectivity index (χ3v) is 4.76. The van der Waals surface area contributed by atoms with Crippen LogP contribution in [0.2, 0.25) is 0 Å². The van der Waals surface area contributed by atoms with Crippen LogP contribution in [0.4, 0.5) is 4.39 Å². The van der Waals surface area contributed by atoms with Gasteiger partial charge >= 0.3 is 0 Å². The highest BCUT2D eigenvalue weighted by atomic mass is 19.1. The molecule has 2 aliphatic rings. The second kappa shape index (κ2) is 6.75. The summed E-state index contributed by atoms with van der Waals surface area (Å²) in [6.45, 7) is 1.93. The number of aromatic nitrogens is 1. The van der Waals surface area contributed by atoms with Gasteiger partial charge in [-0.3, -0.25) is 9.78 Å². The molecule has 4 nitrogen and oxygen atoms in total. The van der Waals surface area contributed by atoms with E-state index in [0.717, 1.165) is 29.1 Å². The van der Waals surface area contributed by atoms with Crippen LogP contribution in [-0.4, -0.2) is 23.7 Å². The zero-order chi connectivity index (χ0) is 18.1. The van der Waals surface area contributed by atoms with Crippen LogP contribution in [0.25, 0.3) is 5.57 Å². The molecule has 132 valence electrons. The van der Waals surface area contributed by atoms with E-state index in [2.05, 4.69) is 4.98 Å². The molecule has 0 spiro atoms. The molecule has 1 unspecified atom stereocenters. The molecule has 0 N–H and O–H groups in total. The SMILES string of the molecule is CC1=C(CCc2ccc3c(c2)OCO3)C=C(c2ccccn2)C(F)C1=O. The Morgan fingerprint density at radius 1 is 1.15 bits per heavy atom. The largest absolute Gasteiger partial charge is 0.454 e. The number of nitrogens with zero attached hydrogens (tertiary/aromatic N) is 1. The van der Waals surface area contributed by atoms with E-state index >= 15 is 0 Å². The van der Waals surface area contributed by atoms with Gasteiger partial charge in [-0.25, -0.2) is 4.39 Å². The first-order valence-corrected chi connectivity index (χ1v) is 8.53. The summed E-state index contributed by atoms with van der Waals surface area (Å²) in [6.07, 6.45) is 3.08. The van der Waals surface area contributed by atoms with E-state index in [1.807, 2.05) is 18.2 Å². The number of carbonyl (C=O) groups excluding carboxylic acids is 1. The van der Waals surface area contributed by atoms with Gasteiger partial charge in [-0.2, -0.15) is 0 Å². The van der Waals surface area contributed by atoms with Gasteiger partial charge in [-0.05, 0) is 66.8 Å². The van der Waals surface area contributed by atoms with Crippen LogP contribution in [0.3, 0.4) is 0 Å². The molecule has 0 fully saturated rings. The number of ketones is 1. The zero-order valence-electron chi connectivity index (χ0n) is 14.4. The second-order valence-corrected chi connectivity index (χ2v) is 6.38. The fraction of sp³-hybridized carbons (Fsp3) is 0.238. The topological polar surface area (TPSA) is 48.4 Å².